The molecular formula is C17H17ClFNO. The highest BCUT2D eigenvalue weighted by Crippen LogP contribution is 2.28. The van der Waals surface area contributed by atoms with Crippen molar-refractivity contribution in [1.82, 2.24) is 0 Å². The van der Waals surface area contributed by atoms with E-state index in [2.05, 4.69) is 17.4 Å². The van der Waals surface area contributed by atoms with Gasteiger partial charge in [0, 0.05) is 11.7 Å². The molecule has 1 unspecified atom stereocenters. The van der Waals surface area contributed by atoms with Crippen LogP contribution in [0.3, 0.4) is 0 Å². The molecule has 0 saturated heterocycles. The minimum absolute atomic E-state index is 0.152. The molecule has 0 bridgehead atoms. The Labute approximate surface area is 128 Å². The van der Waals surface area contributed by atoms with Crippen molar-refractivity contribution in [3.05, 3.63) is 58.4 Å². The van der Waals surface area contributed by atoms with Crippen LogP contribution >= 0.6 is 11.6 Å². The molecule has 1 N–H and O–H groups in total. The highest BCUT2D eigenvalue weighted by molar-refractivity contribution is 6.30. The third-order valence-corrected chi connectivity index (χ3v) is 4.24. The first-order valence-corrected chi connectivity index (χ1v) is 7.41. The van der Waals surface area contributed by atoms with Crippen LogP contribution in [-0.2, 0) is 12.8 Å². The topological polar surface area (TPSA) is 21.3 Å². The number of hydrogen-bond acceptors (Lipinski definition) is 2. The zero-order valence-corrected chi connectivity index (χ0v) is 12.6. The molecule has 2 aromatic carbocycles. The number of methoxy groups -OCH3 is 1. The van der Waals surface area contributed by atoms with Crippen molar-refractivity contribution in [3.8, 4) is 5.75 Å². The number of hydrogen-bond donors (Lipinski definition) is 1. The van der Waals surface area contributed by atoms with Gasteiger partial charge in [-0.3, -0.25) is 0 Å². The molecule has 2 nitrogen and oxygen atoms in total. The number of rotatable bonds is 3. The maximum absolute atomic E-state index is 13.5. The first kappa shape index (κ1) is 14.2. The molecule has 0 amide bonds. The van der Waals surface area contributed by atoms with Gasteiger partial charge in [0.05, 0.1) is 12.1 Å². The molecule has 0 heterocycles. The van der Waals surface area contributed by atoms with Crippen LogP contribution in [0.2, 0.25) is 5.02 Å². The van der Waals surface area contributed by atoms with Crippen LogP contribution in [0, 0.1) is 5.82 Å². The minimum Gasteiger partial charge on any atom is -0.497 e. The molecule has 3 rings (SSSR count). The third kappa shape index (κ3) is 3.13. The zero-order chi connectivity index (χ0) is 14.8. The predicted molar refractivity (Wildman–Crippen MR) is 83.8 cm³/mol. The van der Waals surface area contributed by atoms with Gasteiger partial charge in [0.1, 0.15) is 11.6 Å². The fraction of sp³-hybridized carbons (Fsp3) is 0.294. The van der Waals surface area contributed by atoms with Crippen LogP contribution < -0.4 is 10.1 Å². The molecule has 0 spiro atoms. The molecular weight excluding hydrogens is 289 g/mol. The van der Waals surface area contributed by atoms with Crippen molar-refractivity contribution >= 4 is 17.3 Å². The van der Waals surface area contributed by atoms with Crippen LogP contribution in [0.25, 0.3) is 0 Å². The maximum Gasteiger partial charge on any atom is 0.143 e. The van der Waals surface area contributed by atoms with Crippen molar-refractivity contribution in [2.24, 2.45) is 0 Å². The van der Waals surface area contributed by atoms with Crippen LogP contribution in [0.5, 0.6) is 5.75 Å². The van der Waals surface area contributed by atoms with Crippen LogP contribution in [0.1, 0.15) is 17.5 Å². The van der Waals surface area contributed by atoms with Gasteiger partial charge in [-0.25, -0.2) is 4.39 Å². The van der Waals surface area contributed by atoms with Gasteiger partial charge in [0.15, 0.2) is 0 Å². The molecule has 1 aliphatic rings. The van der Waals surface area contributed by atoms with Gasteiger partial charge in [0.2, 0.25) is 0 Å². The number of anilines is 1. The SMILES string of the molecule is COc1ccc2c(c1)CC(Nc1ccc(Cl)c(F)c1)CC2. The Morgan fingerprint density at radius 1 is 1.19 bits per heavy atom. The van der Waals surface area contributed by atoms with Crippen molar-refractivity contribution in [2.45, 2.75) is 25.3 Å². The van der Waals surface area contributed by atoms with Crippen molar-refractivity contribution in [1.29, 1.82) is 0 Å². The smallest absolute Gasteiger partial charge is 0.143 e. The Balaban J connectivity index is 1.74. The molecule has 0 radical (unpaired) electrons. The lowest BCUT2D eigenvalue weighted by Crippen LogP contribution is -2.27. The molecule has 0 aliphatic heterocycles. The van der Waals surface area contributed by atoms with Gasteiger partial charge in [-0.1, -0.05) is 17.7 Å². The van der Waals surface area contributed by atoms with E-state index in [1.807, 2.05) is 12.1 Å². The molecule has 21 heavy (non-hydrogen) atoms. The first-order valence-electron chi connectivity index (χ1n) is 7.03. The first-order chi connectivity index (χ1) is 10.2. The summed E-state index contributed by atoms with van der Waals surface area (Å²) in [7, 11) is 1.68. The standard InChI is InChI=1S/C17H17ClFNO/c1-21-15-6-3-11-2-4-13(8-12(11)9-15)20-14-5-7-16(18)17(19)10-14/h3,5-7,9-10,13,20H,2,4,8H2,1H3. The normalized spacial score (nSPS) is 17.2. The third-order valence-electron chi connectivity index (χ3n) is 3.93. The average Bonchev–Trinajstić information content (AvgIpc) is 2.50. The quantitative estimate of drug-likeness (QED) is 0.904. The Bertz CT molecular complexity index is 659. The van der Waals surface area contributed by atoms with E-state index in [9.17, 15) is 4.39 Å². The van der Waals surface area contributed by atoms with E-state index >= 15 is 0 Å². The Hall–Kier alpha value is -1.74. The number of fused-ring (bicyclic) bond motifs is 1. The van der Waals surface area contributed by atoms with Gasteiger partial charge >= 0.3 is 0 Å². The van der Waals surface area contributed by atoms with E-state index in [-0.39, 0.29) is 10.8 Å². The number of benzene rings is 2. The number of halogens is 2. The van der Waals surface area contributed by atoms with Crippen LogP contribution in [-0.4, -0.2) is 13.2 Å². The maximum atomic E-state index is 13.5. The number of nitrogens with one attached hydrogen (secondary N) is 1. The van der Waals surface area contributed by atoms with Crippen molar-refractivity contribution in [2.75, 3.05) is 12.4 Å². The van der Waals surface area contributed by atoms with E-state index in [1.165, 1.54) is 17.2 Å². The van der Waals surface area contributed by atoms with E-state index in [0.29, 0.717) is 6.04 Å². The monoisotopic (exact) mass is 305 g/mol. The van der Waals surface area contributed by atoms with E-state index in [0.717, 1.165) is 30.7 Å². The van der Waals surface area contributed by atoms with E-state index < -0.39 is 0 Å². The van der Waals surface area contributed by atoms with E-state index in [4.69, 9.17) is 16.3 Å². The highest BCUT2D eigenvalue weighted by atomic mass is 35.5. The predicted octanol–water partition coefficient (Wildman–Crippen LogP) is 4.46. The molecule has 4 heteroatoms. The lowest BCUT2D eigenvalue weighted by Gasteiger charge is -2.26. The Kier molecular flexibility index (Phi) is 4.02. The lowest BCUT2D eigenvalue weighted by atomic mass is 9.88. The summed E-state index contributed by atoms with van der Waals surface area (Å²) in [6, 6.07) is 11.4. The fourth-order valence-electron chi connectivity index (χ4n) is 2.81. The molecule has 2 aromatic rings. The summed E-state index contributed by atoms with van der Waals surface area (Å²) < 4.78 is 18.8. The molecule has 1 aliphatic carbocycles. The van der Waals surface area contributed by atoms with Gasteiger partial charge in [-0.05, 0) is 60.7 Å². The lowest BCUT2D eigenvalue weighted by molar-refractivity contribution is 0.413. The van der Waals surface area contributed by atoms with Gasteiger partial charge < -0.3 is 10.1 Å². The molecule has 0 fully saturated rings. The van der Waals surface area contributed by atoms with Crippen molar-refractivity contribution in [3.63, 3.8) is 0 Å². The van der Waals surface area contributed by atoms with Crippen LogP contribution in [0.15, 0.2) is 36.4 Å². The number of aryl methyl sites for hydroxylation is 1. The molecule has 0 saturated carbocycles. The second-order valence-corrected chi connectivity index (χ2v) is 5.75. The summed E-state index contributed by atoms with van der Waals surface area (Å²) in [5.41, 5.74) is 3.44. The van der Waals surface area contributed by atoms with E-state index in [1.54, 1.807) is 13.2 Å². The van der Waals surface area contributed by atoms with Gasteiger partial charge in [0.25, 0.3) is 0 Å². The summed E-state index contributed by atoms with van der Waals surface area (Å²) in [6.45, 7) is 0. The van der Waals surface area contributed by atoms with Gasteiger partial charge in [-0.2, -0.15) is 0 Å². The second-order valence-electron chi connectivity index (χ2n) is 5.35. The van der Waals surface area contributed by atoms with Crippen molar-refractivity contribution < 1.29 is 9.13 Å². The second kappa shape index (κ2) is 5.94. The highest BCUT2D eigenvalue weighted by Gasteiger charge is 2.19. The average molecular weight is 306 g/mol. The Morgan fingerprint density at radius 3 is 2.81 bits per heavy atom. The fourth-order valence-corrected chi connectivity index (χ4v) is 2.92. The largest absolute Gasteiger partial charge is 0.497 e. The summed E-state index contributed by atoms with van der Waals surface area (Å²) in [5, 5.41) is 3.54. The number of ether oxygens (including phenoxy) is 1. The summed E-state index contributed by atoms with van der Waals surface area (Å²) >= 11 is 5.71. The Morgan fingerprint density at radius 2 is 2.05 bits per heavy atom. The summed E-state index contributed by atoms with van der Waals surface area (Å²) in [4.78, 5) is 0. The molecule has 110 valence electrons. The molecule has 0 aromatic heterocycles. The minimum atomic E-state index is -0.389. The molecule has 1 atom stereocenters. The van der Waals surface area contributed by atoms with Crippen LogP contribution in [0.4, 0.5) is 10.1 Å². The zero-order valence-electron chi connectivity index (χ0n) is 11.8. The summed E-state index contributed by atoms with van der Waals surface area (Å²) in [6.07, 6.45) is 2.97. The van der Waals surface area contributed by atoms with Gasteiger partial charge in [-0.15, -0.1) is 0 Å². The summed E-state index contributed by atoms with van der Waals surface area (Å²) in [5.74, 6) is 0.492.